The predicted molar refractivity (Wildman–Crippen MR) is 143 cm³/mol. The van der Waals surface area contributed by atoms with Gasteiger partial charge in [0.2, 0.25) is 0 Å². The molecule has 0 saturated carbocycles. The number of aliphatic hydroxyl groups excluding tert-OH is 1. The fourth-order valence-corrected chi connectivity index (χ4v) is 4.41. The van der Waals surface area contributed by atoms with Gasteiger partial charge >= 0.3 is 0 Å². The second kappa shape index (κ2) is 11.3. The normalized spacial score (nSPS) is 16.7. The maximum Gasteiger partial charge on any atom is 0.295 e. The summed E-state index contributed by atoms with van der Waals surface area (Å²) in [6, 6.07) is 19.4. The first-order valence-electron chi connectivity index (χ1n) is 12.1. The van der Waals surface area contributed by atoms with E-state index in [0.717, 1.165) is 11.1 Å². The Morgan fingerprint density at radius 1 is 1.05 bits per heavy atom. The minimum absolute atomic E-state index is 0.109. The fourth-order valence-electron chi connectivity index (χ4n) is 4.41. The van der Waals surface area contributed by atoms with E-state index in [2.05, 4.69) is 0 Å². The molecule has 1 aliphatic rings. The molecule has 38 heavy (non-hydrogen) atoms. The highest BCUT2D eigenvalue weighted by atomic mass is 16.6. The van der Waals surface area contributed by atoms with Gasteiger partial charge in [0.05, 0.1) is 16.5 Å². The Bertz CT molecular complexity index is 1400. The molecule has 0 radical (unpaired) electrons. The fraction of sp³-hybridized carbons (Fsp3) is 0.241. The van der Waals surface area contributed by atoms with E-state index < -0.39 is 22.7 Å². The van der Waals surface area contributed by atoms with E-state index in [1.165, 1.54) is 23.1 Å². The molecule has 0 unspecified atom stereocenters. The van der Waals surface area contributed by atoms with Crippen LogP contribution in [0.5, 0.6) is 5.75 Å². The number of hydrogen-bond donors (Lipinski definition) is 1. The van der Waals surface area contributed by atoms with Crippen molar-refractivity contribution >= 4 is 23.1 Å². The van der Waals surface area contributed by atoms with Gasteiger partial charge in [-0.05, 0) is 56.4 Å². The largest absolute Gasteiger partial charge is 0.507 e. The number of carbonyl (C=O) groups excluding carboxylic acids is 2. The zero-order valence-electron chi connectivity index (χ0n) is 21.5. The number of carbonyl (C=O) groups is 2. The number of ketones is 1. The molecular weight excluding hydrogens is 486 g/mol. The number of aryl methyl sites for hydroxylation is 1. The molecule has 1 amide bonds. The van der Waals surface area contributed by atoms with E-state index in [-0.39, 0.29) is 23.6 Å². The van der Waals surface area contributed by atoms with Crippen molar-refractivity contribution in [2.45, 2.75) is 19.6 Å². The van der Waals surface area contributed by atoms with Gasteiger partial charge in [-0.2, -0.15) is 0 Å². The molecule has 0 aromatic heterocycles. The molecule has 9 heteroatoms. The van der Waals surface area contributed by atoms with Crippen molar-refractivity contribution in [3.05, 3.63) is 111 Å². The van der Waals surface area contributed by atoms with Crippen molar-refractivity contribution < 1.29 is 24.4 Å². The summed E-state index contributed by atoms with van der Waals surface area (Å²) in [5, 5.41) is 22.6. The van der Waals surface area contributed by atoms with Crippen LogP contribution < -0.4 is 4.74 Å². The molecule has 1 saturated heterocycles. The summed E-state index contributed by atoms with van der Waals surface area (Å²) in [6.45, 7) is 3.04. The van der Waals surface area contributed by atoms with Gasteiger partial charge in [-0.1, -0.05) is 42.0 Å². The smallest absolute Gasteiger partial charge is 0.295 e. The van der Waals surface area contributed by atoms with E-state index in [1.54, 1.807) is 30.3 Å². The number of likely N-dealkylation sites (tertiary alicyclic amines) is 1. The number of likely N-dealkylation sites (N-methyl/N-ethyl adjacent to an activating group) is 1. The van der Waals surface area contributed by atoms with Gasteiger partial charge in [0.15, 0.2) is 0 Å². The summed E-state index contributed by atoms with van der Waals surface area (Å²) in [7, 11) is 3.67. The number of amides is 1. The molecule has 0 bridgehead atoms. The highest BCUT2D eigenvalue weighted by Crippen LogP contribution is 2.40. The second-order valence-corrected chi connectivity index (χ2v) is 9.45. The van der Waals surface area contributed by atoms with Gasteiger partial charge in [-0.3, -0.25) is 19.7 Å². The van der Waals surface area contributed by atoms with Gasteiger partial charge in [-0.15, -0.1) is 0 Å². The minimum Gasteiger partial charge on any atom is -0.507 e. The van der Waals surface area contributed by atoms with Crippen LogP contribution in [-0.2, 0) is 16.2 Å². The lowest BCUT2D eigenvalue weighted by atomic mass is 9.95. The Balaban J connectivity index is 1.68. The lowest BCUT2D eigenvalue weighted by Crippen LogP contribution is -2.35. The third-order valence-corrected chi connectivity index (χ3v) is 6.34. The standard InChI is InChI=1S/C29H29N3O6/c1-19-6-4-7-20(16-19)18-38-24-12-10-21(11-13-24)27(33)25-26(22-8-5-9-23(17-22)32(36)37)31(15-14-30(2)3)29(35)28(25)34/h4-13,16-17,26,33H,14-15,18H2,1-3H3/t26-/m1/s1. The van der Waals surface area contributed by atoms with E-state index in [1.807, 2.05) is 50.2 Å². The van der Waals surface area contributed by atoms with Crippen LogP contribution in [0, 0.1) is 17.0 Å². The van der Waals surface area contributed by atoms with E-state index in [9.17, 15) is 24.8 Å². The van der Waals surface area contributed by atoms with Crippen molar-refractivity contribution in [2.75, 3.05) is 27.2 Å². The number of hydrogen-bond acceptors (Lipinski definition) is 7. The van der Waals surface area contributed by atoms with Crippen LogP contribution in [0.3, 0.4) is 0 Å². The van der Waals surface area contributed by atoms with Crippen molar-refractivity contribution in [1.82, 2.24) is 9.80 Å². The first-order valence-corrected chi connectivity index (χ1v) is 12.1. The quantitative estimate of drug-likeness (QED) is 0.147. The van der Waals surface area contributed by atoms with Crippen molar-refractivity contribution in [3.63, 3.8) is 0 Å². The number of benzene rings is 3. The van der Waals surface area contributed by atoms with Crippen LogP contribution >= 0.6 is 0 Å². The number of non-ortho nitro benzene ring substituents is 1. The summed E-state index contributed by atoms with van der Waals surface area (Å²) < 4.78 is 5.85. The number of rotatable bonds is 9. The lowest BCUT2D eigenvalue weighted by Gasteiger charge is -2.26. The molecule has 196 valence electrons. The number of Topliss-reactive ketones (excluding diaryl/α,β-unsaturated/α-hetero) is 1. The third-order valence-electron chi connectivity index (χ3n) is 6.34. The first kappa shape index (κ1) is 26.6. The molecule has 9 nitrogen and oxygen atoms in total. The van der Waals surface area contributed by atoms with E-state index >= 15 is 0 Å². The van der Waals surface area contributed by atoms with E-state index in [4.69, 9.17) is 4.74 Å². The molecule has 1 fully saturated rings. The molecule has 1 heterocycles. The van der Waals surface area contributed by atoms with Crippen LogP contribution in [0.15, 0.2) is 78.4 Å². The third kappa shape index (κ3) is 5.73. The molecule has 3 aromatic rings. The number of aliphatic hydroxyl groups is 1. The predicted octanol–water partition coefficient (Wildman–Crippen LogP) is 4.47. The SMILES string of the molecule is Cc1cccc(COc2ccc(C(O)=C3C(=O)C(=O)N(CCN(C)C)[C@@H]3c3cccc([N+](=O)[O-])c3)cc2)c1. The highest BCUT2D eigenvalue weighted by molar-refractivity contribution is 6.46. The van der Waals surface area contributed by atoms with Gasteiger partial charge in [-0.25, -0.2) is 0 Å². The van der Waals surface area contributed by atoms with Gasteiger partial charge in [0.25, 0.3) is 17.4 Å². The van der Waals surface area contributed by atoms with Crippen LogP contribution in [0.4, 0.5) is 5.69 Å². The Morgan fingerprint density at radius 2 is 1.76 bits per heavy atom. The summed E-state index contributed by atoms with van der Waals surface area (Å²) in [6.07, 6.45) is 0. The van der Waals surface area contributed by atoms with Crippen LogP contribution in [0.25, 0.3) is 5.76 Å². The molecule has 4 rings (SSSR count). The molecule has 1 aliphatic heterocycles. The summed E-state index contributed by atoms with van der Waals surface area (Å²) in [5.41, 5.74) is 2.57. The Hall–Kier alpha value is -4.50. The summed E-state index contributed by atoms with van der Waals surface area (Å²) in [5.74, 6) is -1.37. The zero-order valence-corrected chi connectivity index (χ0v) is 21.5. The molecule has 0 spiro atoms. The van der Waals surface area contributed by atoms with Crippen LogP contribution in [0.1, 0.15) is 28.3 Å². The van der Waals surface area contributed by atoms with Gasteiger partial charge in [0, 0.05) is 30.8 Å². The average molecular weight is 516 g/mol. The number of nitro benzene ring substituents is 1. The Labute approximate surface area is 220 Å². The molecule has 1 atom stereocenters. The summed E-state index contributed by atoms with van der Waals surface area (Å²) in [4.78, 5) is 40.3. The van der Waals surface area contributed by atoms with E-state index in [0.29, 0.717) is 30.0 Å². The van der Waals surface area contributed by atoms with Crippen LogP contribution in [-0.4, -0.2) is 58.7 Å². The Morgan fingerprint density at radius 3 is 2.42 bits per heavy atom. The molecule has 1 N–H and O–H groups in total. The summed E-state index contributed by atoms with van der Waals surface area (Å²) >= 11 is 0. The first-order chi connectivity index (χ1) is 18.2. The van der Waals surface area contributed by atoms with Crippen molar-refractivity contribution in [3.8, 4) is 5.75 Å². The zero-order chi connectivity index (χ0) is 27.4. The van der Waals surface area contributed by atoms with Crippen molar-refractivity contribution in [2.24, 2.45) is 0 Å². The second-order valence-electron chi connectivity index (χ2n) is 9.45. The number of nitro groups is 1. The lowest BCUT2D eigenvalue weighted by molar-refractivity contribution is -0.384. The maximum absolute atomic E-state index is 13.2. The number of nitrogens with zero attached hydrogens (tertiary/aromatic N) is 3. The van der Waals surface area contributed by atoms with Gasteiger partial charge < -0.3 is 19.6 Å². The average Bonchev–Trinajstić information content (AvgIpc) is 3.15. The molecule has 3 aromatic carbocycles. The Kier molecular flexibility index (Phi) is 7.87. The minimum atomic E-state index is -0.966. The highest BCUT2D eigenvalue weighted by Gasteiger charge is 2.46. The number of ether oxygens (including phenoxy) is 1. The maximum atomic E-state index is 13.2. The monoisotopic (exact) mass is 515 g/mol. The topological polar surface area (TPSA) is 113 Å². The molecule has 0 aliphatic carbocycles. The van der Waals surface area contributed by atoms with Gasteiger partial charge in [0.1, 0.15) is 18.1 Å². The van der Waals surface area contributed by atoms with Crippen LogP contribution in [0.2, 0.25) is 0 Å². The van der Waals surface area contributed by atoms with Crippen molar-refractivity contribution in [1.29, 1.82) is 0 Å². The molecular formula is C29H29N3O6.